The van der Waals surface area contributed by atoms with Crippen molar-refractivity contribution in [3.8, 4) is 5.75 Å². The number of hydrogen-bond acceptors (Lipinski definition) is 4. The van der Waals surface area contributed by atoms with Gasteiger partial charge in [0, 0.05) is 55.0 Å². The SMILES string of the molecule is COc1ccc(Cn2c(C)c(C3=CCN(S(=O)(=O)c4cn(C)cn4)CC3)c3ccccc32)cc1. The molecule has 2 aromatic carbocycles. The Bertz CT molecular complexity index is 1480. The molecule has 1 aliphatic heterocycles. The van der Waals surface area contributed by atoms with Gasteiger partial charge in [0.15, 0.2) is 5.03 Å². The fourth-order valence-electron chi connectivity index (χ4n) is 4.70. The van der Waals surface area contributed by atoms with E-state index in [0.717, 1.165) is 12.3 Å². The number of methoxy groups -OCH3 is 1. The summed E-state index contributed by atoms with van der Waals surface area (Å²) in [4.78, 5) is 4.05. The molecular weight excluding hydrogens is 448 g/mol. The molecule has 4 aromatic rings. The number of rotatable bonds is 6. The van der Waals surface area contributed by atoms with E-state index in [1.54, 1.807) is 24.9 Å². The van der Waals surface area contributed by atoms with Crippen LogP contribution in [0.2, 0.25) is 0 Å². The maximum atomic E-state index is 13.0. The van der Waals surface area contributed by atoms with Crippen LogP contribution >= 0.6 is 0 Å². The van der Waals surface area contributed by atoms with Crippen molar-refractivity contribution in [2.75, 3.05) is 20.2 Å². The lowest BCUT2D eigenvalue weighted by Crippen LogP contribution is -2.35. The van der Waals surface area contributed by atoms with E-state index in [4.69, 9.17) is 4.74 Å². The van der Waals surface area contributed by atoms with Crippen LogP contribution in [0, 0.1) is 6.92 Å². The van der Waals surface area contributed by atoms with Gasteiger partial charge in [0.25, 0.3) is 10.0 Å². The topological polar surface area (TPSA) is 69.4 Å². The lowest BCUT2D eigenvalue weighted by molar-refractivity contribution is 0.414. The van der Waals surface area contributed by atoms with Crippen molar-refractivity contribution < 1.29 is 13.2 Å². The van der Waals surface area contributed by atoms with Gasteiger partial charge in [-0.2, -0.15) is 4.31 Å². The zero-order valence-corrected chi connectivity index (χ0v) is 20.4. The fourth-order valence-corrected chi connectivity index (χ4v) is 6.05. The number of fused-ring (bicyclic) bond motifs is 1. The third kappa shape index (κ3) is 3.93. The summed E-state index contributed by atoms with van der Waals surface area (Å²) in [5.74, 6) is 0.844. The summed E-state index contributed by atoms with van der Waals surface area (Å²) in [6.45, 7) is 3.67. The van der Waals surface area contributed by atoms with Gasteiger partial charge < -0.3 is 13.9 Å². The highest BCUT2D eigenvalue weighted by molar-refractivity contribution is 7.89. The average Bonchev–Trinajstić information content (AvgIpc) is 3.41. The molecule has 0 amide bonds. The minimum absolute atomic E-state index is 0.0964. The molecule has 0 bridgehead atoms. The molecule has 0 atom stereocenters. The molecule has 8 heteroatoms. The predicted molar refractivity (Wildman–Crippen MR) is 133 cm³/mol. The Morgan fingerprint density at radius 1 is 1.09 bits per heavy atom. The van der Waals surface area contributed by atoms with E-state index in [-0.39, 0.29) is 5.03 Å². The lowest BCUT2D eigenvalue weighted by atomic mass is 9.97. The van der Waals surface area contributed by atoms with Crippen LogP contribution in [0.4, 0.5) is 0 Å². The van der Waals surface area contributed by atoms with Crippen molar-refractivity contribution >= 4 is 26.5 Å². The predicted octanol–water partition coefficient (Wildman–Crippen LogP) is 4.22. The number of aromatic nitrogens is 3. The Kier molecular flexibility index (Phi) is 5.79. The van der Waals surface area contributed by atoms with Crippen LogP contribution in [0.1, 0.15) is 23.2 Å². The normalized spacial score (nSPS) is 15.0. The van der Waals surface area contributed by atoms with Gasteiger partial charge in [-0.25, -0.2) is 13.4 Å². The Morgan fingerprint density at radius 2 is 1.85 bits per heavy atom. The molecule has 3 heterocycles. The van der Waals surface area contributed by atoms with Gasteiger partial charge >= 0.3 is 0 Å². The van der Waals surface area contributed by atoms with Crippen molar-refractivity contribution in [2.45, 2.75) is 24.9 Å². The van der Waals surface area contributed by atoms with Crippen LogP contribution in [0.15, 0.2) is 72.2 Å². The van der Waals surface area contributed by atoms with Crippen LogP contribution in [0.25, 0.3) is 16.5 Å². The maximum absolute atomic E-state index is 13.0. The molecule has 0 fully saturated rings. The molecule has 5 rings (SSSR count). The minimum Gasteiger partial charge on any atom is -0.497 e. The quantitative estimate of drug-likeness (QED) is 0.418. The summed E-state index contributed by atoms with van der Waals surface area (Å²) < 4.78 is 36.8. The van der Waals surface area contributed by atoms with Gasteiger partial charge in [-0.15, -0.1) is 0 Å². The Labute approximate surface area is 200 Å². The van der Waals surface area contributed by atoms with Crippen LogP contribution in [-0.2, 0) is 23.6 Å². The van der Waals surface area contributed by atoms with E-state index >= 15 is 0 Å². The van der Waals surface area contributed by atoms with E-state index in [2.05, 4.69) is 58.9 Å². The minimum atomic E-state index is -3.60. The van der Waals surface area contributed by atoms with E-state index < -0.39 is 10.0 Å². The van der Waals surface area contributed by atoms with Crippen LogP contribution < -0.4 is 4.74 Å². The van der Waals surface area contributed by atoms with Gasteiger partial charge in [0.1, 0.15) is 5.75 Å². The molecule has 34 heavy (non-hydrogen) atoms. The molecule has 0 unspecified atom stereocenters. The first-order valence-electron chi connectivity index (χ1n) is 11.3. The van der Waals surface area contributed by atoms with E-state index in [0.29, 0.717) is 19.5 Å². The van der Waals surface area contributed by atoms with Gasteiger partial charge in [-0.3, -0.25) is 0 Å². The van der Waals surface area contributed by atoms with E-state index in [1.807, 2.05) is 12.1 Å². The number of hydrogen-bond donors (Lipinski definition) is 0. The fraction of sp³-hybridized carbons (Fsp3) is 0.269. The number of sulfonamides is 1. The first-order valence-corrected chi connectivity index (χ1v) is 12.7. The highest BCUT2D eigenvalue weighted by atomic mass is 32.2. The standard InChI is InChI=1S/C26H28N4O3S/c1-19-26(21-12-14-29(15-13-21)34(31,32)25-17-28(2)18-27-25)23-6-4-5-7-24(23)30(19)16-20-8-10-22(33-3)11-9-20/h4-12,17-18H,13-16H2,1-3H3. The molecule has 1 aliphatic rings. The first kappa shape index (κ1) is 22.4. The van der Waals surface area contributed by atoms with Crippen molar-refractivity contribution in [3.63, 3.8) is 0 Å². The summed E-state index contributed by atoms with van der Waals surface area (Å²) in [5.41, 5.74) is 5.95. The first-order chi connectivity index (χ1) is 16.4. The van der Waals surface area contributed by atoms with Crippen molar-refractivity contribution in [1.82, 2.24) is 18.4 Å². The molecule has 176 valence electrons. The molecule has 0 radical (unpaired) electrons. The number of ether oxygens (including phenoxy) is 1. The number of aryl methyl sites for hydroxylation is 1. The zero-order valence-electron chi connectivity index (χ0n) is 19.6. The van der Waals surface area contributed by atoms with Crippen molar-refractivity contribution in [1.29, 1.82) is 0 Å². The highest BCUT2D eigenvalue weighted by Gasteiger charge is 2.29. The number of nitrogens with zero attached hydrogens (tertiary/aromatic N) is 4. The van der Waals surface area contributed by atoms with Crippen molar-refractivity contribution in [3.05, 3.63) is 84.0 Å². The van der Waals surface area contributed by atoms with Gasteiger partial charge in [0.05, 0.1) is 13.4 Å². The van der Waals surface area contributed by atoms with Crippen LogP contribution in [0.3, 0.4) is 0 Å². The molecule has 2 aromatic heterocycles. The molecule has 0 N–H and O–H groups in total. The number of benzene rings is 2. The summed E-state index contributed by atoms with van der Waals surface area (Å²) >= 11 is 0. The van der Waals surface area contributed by atoms with E-state index in [1.165, 1.54) is 43.9 Å². The third-order valence-electron chi connectivity index (χ3n) is 6.51. The average molecular weight is 477 g/mol. The largest absolute Gasteiger partial charge is 0.497 e. The summed E-state index contributed by atoms with van der Waals surface area (Å²) in [6, 6.07) is 16.6. The molecule has 7 nitrogen and oxygen atoms in total. The zero-order chi connectivity index (χ0) is 23.9. The second kappa shape index (κ2) is 8.77. The van der Waals surface area contributed by atoms with Crippen LogP contribution in [-0.4, -0.2) is 47.0 Å². The maximum Gasteiger partial charge on any atom is 0.262 e. The molecular formula is C26H28N4O3S. The van der Waals surface area contributed by atoms with E-state index in [9.17, 15) is 8.42 Å². The molecule has 0 spiro atoms. The Morgan fingerprint density at radius 3 is 2.50 bits per heavy atom. The molecule has 0 saturated carbocycles. The summed E-state index contributed by atoms with van der Waals surface area (Å²) in [7, 11) is -0.159. The summed E-state index contributed by atoms with van der Waals surface area (Å²) in [6.07, 6.45) is 5.77. The van der Waals surface area contributed by atoms with Gasteiger partial charge in [0.2, 0.25) is 0 Å². The highest BCUT2D eigenvalue weighted by Crippen LogP contribution is 2.35. The molecule has 0 aliphatic carbocycles. The molecule has 0 saturated heterocycles. The smallest absolute Gasteiger partial charge is 0.262 e. The number of imidazole rings is 1. The van der Waals surface area contributed by atoms with Gasteiger partial charge in [-0.05, 0) is 42.7 Å². The van der Waals surface area contributed by atoms with Crippen molar-refractivity contribution in [2.24, 2.45) is 7.05 Å². The van der Waals surface area contributed by atoms with Crippen LogP contribution in [0.5, 0.6) is 5.75 Å². The Balaban J connectivity index is 1.48. The van der Waals surface area contributed by atoms with Gasteiger partial charge in [-0.1, -0.05) is 36.4 Å². The monoisotopic (exact) mass is 476 g/mol. The second-order valence-electron chi connectivity index (χ2n) is 8.63. The third-order valence-corrected chi connectivity index (χ3v) is 8.26. The second-order valence-corrected chi connectivity index (χ2v) is 10.5. The number of para-hydroxylation sites is 1. The summed E-state index contributed by atoms with van der Waals surface area (Å²) in [5, 5.41) is 1.29. The lowest BCUT2D eigenvalue weighted by Gasteiger charge is -2.25. The Hall–Kier alpha value is -3.36.